The van der Waals surface area contributed by atoms with Crippen LogP contribution in [0.5, 0.6) is 0 Å². The fourth-order valence-corrected chi connectivity index (χ4v) is 5.84. The largest absolute Gasteiger partial charge is 0.398 e. The Kier molecular flexibility index (Phi) is 3.48. The molecule has 0 aromatic heterocycles. The fraction of sp³-hybridized carbons (Fsp3) is 0.200. The SMILES string of the molecule is Nc1ccccc1S(=O)(=O)CC1Cc2ccccc2S1. The lowest BCUT2D eigenvalue weighted by Crippen LogP contribution is -2.19. The van der Waals surface area contributed by atoms with Crippen molar-refractivity contribution in [3.05, 3.63) is 54.1 Å². The summed E-state index contributed by atoms with van der Waals surface area (Å²) in [5.74, 6) is 0.126. The Morgan fingerprint density at radius 2 is 1.80 bits per heavy atom. The average molecular weight is 305 g/mol. The van der Waals surface area contributed by atoms with Gasteiger partial charge in [-0.25, -0.2) is 8.42 Å². The minimum Gasteiger partial charge on any atom is -0.398 e. The van der Waals surface area contributed by atoms with E-state index in [4.69, 9.17) is 5.73 Å². The third-order valence-electron chi connectivity index (χ3n) is 3.37. The Morgan fingerprint density at radius 3 is 2.55 bits per heavy atom. The van der Waals surface area contributed by atoms with Crippen molar-refractivity contribution in [2.45, 2.75) is 21.5 Å². The summed E-state index contributed by atoms with van der Waals surface area (Å²) in [5.41, 5.74) is 7.34. The predicted octanol–water partition coefficient (Wildman–Crippen LogP) is 2.76. The van der Waals surface area contributed by atoms with Gasteiger partial charge in [0.15, 0.2) is 9.84 Å². The van der Waals surface area contributed by atoms with Crippen molar-refractivity contribution < 1.29 is 8.42 Å². The van der Waals surface area contributed by atoms with Gasteiger partial charge in [0.25, 0.3) is 0 Å². The van der Waals surface area contributed by atoms with Crippen molar-refractivity contribution in [2.24, 2.45) is 0 Å². The van der Waals surface area contributed by atoms with Crippen LogP contribution in [0.15, 0.2) is 58.3 Å². The predicted molar refractivity (Wildman–Crippen MR) is 82.7 cm³/mol. The highest BCUT2D eigenvalue weighted by molar-refractivity contribution is 8.01. The maximum atomic E-state index is 12.5. The van der Waals surface area contributed by atoms with Gasteiger partial charge in [-0.2, -0.15) is 0 Å². The first-order chi connectivity index (χ1) is 9.56. The number of para-hydroxylation sites is 1. The van der Waals surface area contributed by atoms with Gasteiger partial charge in [-0.05, 0) is 30.2 Å². The molecule has 3 rings (SSSR count). The Labute approximate surface area is 123 Å². The summed E-state index contributed by atoms with van der Waals surface area (Å²) in [5, 5.41) is 0.0667. The molecule has 2 N–H and O–H groups in total. The van der Waals surface area contributed by atoms with Gasteiger partial charge in [0, 0.05) is 10.1 Å². The van der Waals surface area contributed by atoms with E-state index in [0.29, 0.717) is 5.69 Å². The molecule has 0 fully saturated rings. The molecule has 5 heteroatoms. The number of anilines is 1. The van der Waals surface area contributed by atoms with E-state index < -0.39 is 9.84 Å². The molecule has 0 aliphatic carbocycles. The van der Waals surface area contributed by atoms with Gasteiger partial charge in [-0.3, -0.25) is 0 Å². The first kappa shape index (κ1) is 13.5. The van der Waals surface area contributed by atoms with E-state index in [9.17, 15) is 8.42 Å². The van der Waals surface area contributed by atoms with Crippen molar-refractivity contribution in [1.82, 2.24) is 0 Å². The number of rotatable bonds is 3. The van der Waals surface area contributed by atoms with Gasteiger partial charge in [0.1, 0.15) is 0 Å². The minimum atomic E-state index is -3.34. The summed E-state index contributed by atoms with van der Waals surface area (Å²) >= 11 is 1.64. The maximum Gasteiger partial charge on any atom is 0.181 e. The normalized spacial score (nSPS) is 17.9. The smallest absolute Gasteiger partial charge is 0.181 e. The zero-order chi connectivity index (χ0) is 14.2. The second-order valence-corrected chi connectivity index (χ2v) is 8.22. The number of nitrogen functional groups attached to an aromatic ring is 1. The summed E-state index contributed by atoms with van der Waals surface area (Å²) in [6, 6.07) is 14.7. The number of hydrogen-bond donors (Lipinski definition) is 1. The van der Waals surface area contributed by atoms with Gasteiger partial charge >= 0.3 is 0 Å². The third kappa shape index (κ3) is 2.55. The van der Waals surface area contributed by atoms with E-state index in [1.165, 1.54) is 10.5 Å². The van der Waals surface area contributed by atoms with E-state index in [2.05, 4.69) is 6.07 Å². The molecule has 0 saturated carbocycles. The summed E-state index contributed by atoms with van der Waals surface area (Å²) in [6.07, 6.45) is 0.798. The standard InChI is InChI=1S/C15H15NO2S2/c16-13-6-2-4-8-15(13)20(17,18)10-12-9-11-5-1-3-7-14(11)19-12/h1-8,12H,9-10,16H2. The molecule has 20 heavy (non-hydrogen) atoms. The number of hydrogen-bond acceptors (Lipinski definition) is 4. The molecule has 1 aliphatic rings. The molecule has 2 aromatic carbocycles. The van der Waals surface area contributed by atoms with Crippen LogP contribution in [0.1, 0.15) is 5.56 Å². The molecule has 0 spiro atoms. The first-order valence-electron chi connectivity index (χ1n) is 6.38. The van der Waals surface area contributed by atoms with Crippen molar-refractivity contribution in [3.8, 4) is 0 Å². The van der Waals surface area contributed by atoms with Crippen molar-refractivity contribution in [1.29, 1.82) is 0 Å². The van der Waals surface area contributed by atoms with E-state index in [1.54, 1.807) is 36.0 Å². The lowest BCUT2D eigenvalue weighted by molar-refractivity contribution is 0.594. The van der Waals surface area contributed by atoms with Gasteiger partial charge in [0.2, 0.25) is 0 Å². The highest BCUT2D eigenvalue weighted by atomic mass is 32.2. The first-order valence-corrected chi connectivity index (χ1v) is 8.91. The Morgan fingerprint density at radius 1 is 1.10 bits per heavy atom. The summed E-state index contributed by atoms with van der Waals surface area (Å²) in [7, 11) is -3.34. The van der Waals surface area contributed by atoms with Gasteiger partial charge in [0.05, 0.1) is 16.3 Å². The molecule has 0 bridgehead atoms. The van der Waals surface area contributed by atoms with E-state index in [0.717, 1.165) is 6.42 Å². The zero-order valence-electron chi connectivity index (χ0n) is 10.8. The molecule has 0 radical (unpaired) electrons. The Balaban J connectivity index is 1.81. The van der Waals surface area contributed by atoms with Crippen LogP contribution in [0.4, 0.5) is 5.69 Å². The number of nitrogens with two attached hydrogens (primary N) is 1. The molecule has 104 valence electrons. The van der Waals surface area contributed by atoms with E-state index >= 15 is 0 Å². The molecule has 2 aromatic rings. The Hall–Kier alpha value is -1.46. The topological polar surface area (TPSA) is 60.2 Å². The van der Waals surface area contributed by atoms with Crippen molar-refractivity contribution in [3.63, 3.8) is 0 Å². The number of benzene rings is 2. The van der Waals surface area contributed by atoms with Crippen LogP contribution in [0.2, 0.25) is 0 Å². The highest BCUT2D eigenvalue weighted by Crippen LogP contribution is 2.38. The van der Waals surface area contributed by atoms with Crippen molar-refractivity contribution in [2.75, 3.05) is 11.5 Å². The van der Waals surface area contributed by atoms with Crippen LogP contribution < -0.4 is 5.73 Å². The lowest BCUT2D eigenvalue weighted by Gasteiger charge is -2.11. The van der Waals surface area contributed by atoms with Crippen LogP contribution >= 0.6 is 11.8 Å². The molecule has 0 saturated heterocycles. The molecule has 1 aliphatic heterocycles. The molecule has 3 nitrogen and oxygen atoms in total. The van der Waals surface area contributed by atoms with Crippen LogP contribution in [0.3, 0.4) is 0 Å². The molecular weight excluding hydrogens is 290 g/mol. The summed E-state index contributed by atoms with van der Waals surface area (Å²) in [4.78, 5) is 1.44. The van der Waals surface area contributed by atoms with E-state index in [1.807, 2.05) is 18.2 Å². The monoisotopic (exact) mass is 305 g/mol. The van der Waals surface area contributed by atoms with Crippen LogP contribution in [0, 0.1) is 0 Å². The van der Waals surface area contributed by atoms with Crippen molar-refractivity contribution >= 4 is 27.3 Å². The minimum absolute atomic E-state index is 0.0667. The van der Waals surface area contributed by atoms with Gasteiger partial charge in [-0.1, -0.05) is 30.3 Å². The highest BCUT2D eigenvalue weighted by Gasteiger charge is 2.28. The average Bonchev–Trinajstić information content (AvgIpc) is 2.80. The molecule has 1 heterocycles. The van der Waals surface area contributed by atoms with Crippen LogP contribution in [0.25, 0.3) is 0 Å². The number of fused-ring (bicyclic) bond motifs is 1. The van der Waals surface area contributed by atoms with E-state index in [-0.39, 0.29) is 15.9 Å². The molecule has 1 unspecified atom stereocenters. The fourth-order valence-electron chi connectivity index (χ4n) is 2.45. The number of thioether (sulfide) groups is 1. The third-order valence-corrected chi connectivity index (χ3v) is 6.79. The summed E-state index contributed by atoms with van der Waals surface area (Å²) < 4.78 is 24.9. The summed E-state index contributed by atoms with van der Waals surface area (Å²) in [6.45, 7) is 0. The number of sulfone groups is 1. The second kappa shape index (κ2) is 5.14. The molecule has 0 amide bonds. The second-order valence-electron chi connectivity index (χ2n) is 4.87. The van der Waals surface area contributed by atoms with Gasteiger partial charge in [-0.15, -0.1) is 11.8 Å². The zero-order valence-corrected chi connectivity index (χ0v) is 12.5. The van der Waals surface area contributed by atoms with Crippen LogP contribution in [-0.4, -0.2) is 19.4 Å². The molecular formula is C15H15NO2S2. The molecule has 1 atom stereocenters. The Bertz CT molecular complexity index is 716. The van der Waals surface area contributed by atoms with Gasteiger partial charge < -0.3 is 5.73 Å². The quantitative estimate of drug-likeness (QED) is 0.886. The lowest BCUT2D eigenvalue weighted by atomic mass is 10.1. The van der Waals surface area contributed by atoms with Crippen LogP contribution in [-0.2, 0) is 16.3 Å². The maximum absolute atomic E-state index is 12.5.